The molecule has 0 saturated heterocycles. The Morgan fingerprint density at radius 1 is 1.29 bits per heavy atom. The summed E-state index contributed by atoms with van der Waals surface area (Å²) in [5.41, 5.74) is 1.11. The van der Waals surface area contributed by atoms with Crippen molar-refractivity contribution in [3.05, 3.63) is 34.6 Å². The van der Waals surface area contributed by atoms with Crippen LogP contribution >= 0.6 is 11.6 Å². The second kappa shape index (κ2) is 7.67. The van der Waals surface area contributed by atoms with Gasteiger partial charge in [0.15, 0.2) is 0 Å². The van der Waals surface area contributed by atoms with Crippen LogP contribution in [-0.4, -0.2) is 12.6 Å². The van der Waals surface area contributed by atoms with Crippen molar-refractivity contribution < 1.29 is 4.39 Å². The maximum atomic E-state index is 13.0. The Morgan fingerprint density at radius 3 is 2.65 bits per heavy atom. The van der Waals surface area contributed by atoms with E-state index < -0.39 is 0 Å². The lowest BCUT2D eigenvalue weighted by molar-refractivity contribution is 0.459. The normalized spacial score (nSPS) is 12.7. The highest BCUT2D eigenvalue weighted by Gasteiger charge is 2.07. The molecule has 1 aromatic carbocycles. The monoisotopic (exact) mass is 257 g/mol. The van der Waals surface area contributed by atoms with Crippen molar-refractivity contribution in [1.29, 1.82) is 0 Å². The first-order valence-electron chi connectivity index (χ1n) is 6.34. The van der Waals surface area contributed by atoms with E-state index in [-0.39, 0.29) is 10.8 Å². The smallest absolute Gasteiger partial charge is 0.141 e. The van der Waals surface area contributed by atoms with E-state index in [0.29, 0.717) is 6.04 Å². The topological polar surface area (TPSA) is 12.0 Å². The number of benzene rings is 1. The maximum Gasteiger partial charge on any atom is 0.141 e. The van der Waals surface area contributed by atoms with Gasteiger partial charge in [-0.25, -0.2) is 4.39 Å². The number of rotatable bonds is 7. The largest absolute Gasteiger partial charge is 0.314 e. The summed E-state index contributed by atoms with van der Waals surface area (Å²) in [5, 5.41) is 3.69. The van der Waals surface area contributed by atoms with Crippen LogP contribution in [-0.2, 0) is 6.42 Å². The van der Waals surface area contributed by atoms with Crippen LogP contribution in [0.5, 0.6) is 0 Å². The van der Waals surface area contributed by atoms with E-state index >= 15 is 0 Å². The lowest BCUT2D eigenvalue weighted by Gasteiger charge is -2.16. The van der Waals surface area contributed by atoms with Gasteiger partial charge in [0, 0.05) is 6.04 Å². The van der Waals surface area contributed by atoms with E-state index in [1.165, 1.54) is 18.9 Å². The summed E-state index contributed by atoms with van der Waals surface area (Å²) in [6.45, 7) is 5.31. The molecule has 0 aromatic heterocycles. The Labute approximate surface area is 108 Å². The highest BCUT2D eigenvalue weighted by atomic mass is 35.5. The SMILES string of the molecule is CCCC(CCc1ccc(F)c(Cl)c1)NCC. The Morgan fingerprint density at radius 2 is 2.06 bits per heavy atom. The van der Waals surface area contributed by atoms with Crippen molar-refractivity contribution in [1.82, 2.24) is 5.32 Å². The first-order chi connectivity index (χ1) is 8.17. The molecule has 1 rings (SSSR count). The third kappa shape index (κ3) is 5.05. The summed E-state index contributed by atoms with van der Waals surface area (Å²) in [6, 6.07) is 5.54. The van der Waals surface area contributed by atoms with Crippen LogP contribution in [0.2, 0.25) is 5.02 Å². The number of nitrogens with one attached hydrogen (secondary N) is 1. The summed E-state index contributed by atoms with van der Waals surface area (Å²) < 4.78 is 13.0. The molecule has 1 unspecified atom stereocenters. The quantitative estimate of drug-likeness (QED) is 0.772. The molecule has 0 heterocycles. The van der Waals surface area contributed by atoms with Gasteiger partial charge in [-0.3, -0.25) is 0 Å². The molecule has 0 fully saturated rings. The van der Waals surface area contributed by atoms with Gasteiger partial charge in [-0.15, -0.1) is 0 Å². The van der Waals surface area contributed by atoms with Crippen LogP contribution in [0.4, 0.5) is 4.39 Å². The summed E-state index contributed by atoms with van der Waals surface area (Å²) in [6.07, 6.45) is 4.38. The molecule has 1 aromatic rings. The Balaban J connectivity index is 2.49. The number of hydrogen-bond donors (Lipinski definition) is 1. The second-order valence-electron chi connectivity index (χ2n) is 4.33. The molecule has 1 N–H and O–H groups in total. The number of halogens is 2. The first kappa shape index (κ1) is 14.5. The van der Waals surface area contributed by atoms with Crippen LogP contribution in [0.25, 0.3) is 0 Å². The van der Waals surface area contributed by atoms with Gasteiger partial charge in [0.05, 0.1) is 5.02 Å². The molecular weight excluding hydrogens is 237 g/mol. The molecule has 3 heteroatoms. The average molecular weight is 258 g/mol. The highest BCUT2D eigenvalue weighted by Crippen LogP contribution is 2.18. The first-order valence-corrected chi connectivity index (χ1v) is 6.72. The molecule has 0 aliphatic rings. The van der Waals surface area contributed by atoms with E-state index in [2.05, 4.69) is 19.2 Å². The standard InChI is InChI=1S/C14H21ClFN/c1-3-5-12(17-4-2)8-6-11-7-9-14(16)13(15)10-11/h7,9-10,12,17H,3-6,8H2,1-2H3. The van der Waals surface area contributed by atoms with Gasteiger partial charge in [0.1, 0.15) is 5.82 Å². The summed E-state index contributed by atoms with van der Waals surface area (Å²) in [4.78, 5) is 0. The molecule has 0 bridgehead atoms. The minimum Gasteiger partial charge on any atom is -0.314 e. The van der Waals surface area contributed by atoms with Crippen molar-refractivity contribution >= 4 is 11.6 Å². The zero-order chi connectivity index (χ0) is 12.7. The molecule has 0 amide bonds. The molecule has 0 aliphatic heterocycles. The van der Waals surface area contributed by atoms with Gasteiger partial charge in [0.25, 0.3) is 0 Å². The van der Waals surface area contributed by atoms with Crippen molar-refractivity contribution in [2.45, 2.75) is 45.6 Å². The lowest BCUT2D eigenvalue weighted by atomic mass is 10.0. The molecular formula is C14H21ClFN. The van der Waals surface area contributed by atoms with Crippen LogP contribution in [0.3, 0.4) is 0 Å². The van der Waals surface area contributed by atoms with Gasteiger partial charge in [-0.1, -0.05) is 37.9 Å². The van der Waals surface area contributed by atoms with Crippen LogP contribution in [0.15, 0.2) is 18.2 Å². The van der Waals surface area contributed by atoms with E-state index in [0.717, 1.165) is 24.9 Å². The Kier molecular flexibility index (Phi) is 6.53. The zero-order valence-corrected chi connectivity index (χ0v) is 11.4. The number of hydrogen-bond acceptors (Lipinski definition) is 1. The second-order valence-corrected chi connectivity index (χ2v) is 4.74. The Hall–Kier alpha value is -0.600. The molecule has 1 nitrogen and oxygen atoms in total. The molecule has 0 spiro atoms. The zero-order valence-electron chi connectivity index (χ0n) is 10.6. The van der Waals surface area contributed by atoms with Crippen molar-refractivity contribution in [2.75, 3.05) is 6.54 Å². The fraction of sp³-hybridized carbons (Fsp3) is 0.571. The van der Waals surface area contributed by atoms with E-state index in [1.807, 2.05) is 6.07 Å². The van der Waals surface area contributed by atoms with Gasteiger partial charge in [0.2, 0.25) is 0 Å². The van der Waals surface area contributed by atoms with Gasteiger partial charge in [-0.2, -0.15) is 0 Å². The van der Waals surface area contributed by atoms with E-state index in [9.17, 15) is 4.39 Å². The maximum absolute atomic E-state index is 13.0. The fourth-order valence-electron chi connectivity index (χ4n) is 2.02. The molecule has 0 aliphatic carbocycles. The van der Waals surface area contributed by atoms with Gasteiger partial charge in [-0.05, 0) is 43.5 Å². The van der Waals surface area contributed by atoms with Crippen LogP contribution in [0.1, 0.15) is 38.7 Å². The summed E-state index contributed by atoms with van der Waals surface area (Å²) in [7, 11) is 0. The van der Waals surface area contributed by atoms with E-state index in [4.69, 9.17) is 11.6 Å². The Bertz CT molecular complexity index is 335. The molecule has 17 heavy (non-hydrogen) atoms. The predicted octanol–water partition coefficient (Wildman–Crippen LogP) is 4.19. The molecule has 96 valence electrons. The summed E-state index contributed by atoms with van der Waals surface area (Å²) in [5.74, 6) is -0.341. The van der Waals surface area contributed by atoms with Crippen LogP contribution < -0.4 is 5.32 Å². The predicted molar refractivity (Wildman–Crippen MR) is 72.1 cm³/mol. The highest BCUT2D eigenvalue weighted by molar-refractivity contribution is 6.30. The minimum atomic E-state index is -0.341. The van der Waals surface area contributed by atoms with E-state index in [1.54, 1.807) is 6.07 Å². The minimum absolute atomic E-state index is 0.220. The number of aryl methyl sites for hydroxylation is 1. The molecule has 0 radical (unpaired) electrons. The van der Waals surface area contributed by atoms with Crippen LogP contribution in [0, 0.1) is 5.82 Å². The summed E-state index contributed by atoms with van der Waals surface area (Å²) >= 11 is 5.76. The van der Waals surface area contributed by atoms with Crippen molar-refractivity contribution in [2.24, 2.45) is 0 Å². The molecule has 1 atom stereocenters. The van der Waals surface area contributed by atoms with Gasteiger partial charge < -0.3 is 5.32 Å². The third-order valence-electron chi connectivity index (χ3n) is 2.90. The third-order valence-corrected chi connectivity index (χ3v) is 3.19. The molecule has 0 saturated carbocycles. The lowest BCUT2D eigenvalue weighted by Crippen LogP contribution is -2.29. The van der Waals surface area contributed by atoms with Gasteiger partial charge >= 0.3 is 0 Å². The fourth-order valence-corrected chi connectivity index (χ4v) is 2.22. The van der Waals surface area contributed by atoms with Crippen molar-refractivity contribution in [3.8, 4) is 0 Å². The van der Waals surface area contributed by atoms with Crippen molar-refractivity contribution in [3.63, 3.8) is 0 Å². The average Bonchev–Trinajstić information content (AvgIpc) is 2.31.